The third kappa shape index (κ3) is 2.67. The Morgan fingerprint density at radius 1 is 1.44 bits per heavy atom. The van der Waals surface area contributed by atoms with Gasteiger partial charge in [-0.3, -0.25) is 4.21 Å². The average Bonchev–Trinajstić information content (AvgIpc) is 2.56. The summed E-state index contributed by atoms with van der Waals surface area (Å²) in [6.45, 7) is 5.02. The molecule has 0 N–H and O–H groups in total. The molecule has 0 spiro atoms. The monoisotopic (exact) mass is 256 g/mol. The molecule has 0 saturated heterocycles. The number of fused-ring (bicyclic) bond motifs is 1. The summed E-state index contributed by atoms with van der Waals surface area (Å²) in [7, 11) is -1.01. The maximum Gasteiger partial charge on any atom is 0.187 e. The molecule has 0 amide bonds. The van der Waals surface area contributed by atoms with Crippen molar-refractivity contribution in [1.82, 2.24) is 0 Å². The highest BCUT2D eigenvalue weighted by Gasteiger charge is 2.30. The Kier molecular flexibility index (Phi) is 4.05. The predicted octanol–water partition coefficient (Wildman–Crippen LogP) is 3.25. The Morgan fingerprint density at radius 2 is 2.19 bits per heavy atom. The van der Waals surface area contributed by atoms with Crippen molar-refractivity contribution in [3.8, 4) is 0 Å². The van der Waals surface area contributed by atoms with Gasteiger partial charge in [-0.15, -0.1) is 0 Å². The number of hydrogen-bond acceptors (Lipinski definition) is 3. The first kappa shape index (κ1) is 12.1. The molecule has 2 atom stereocenters. The summed E-state index contributed by atoms with van der Waals surface area (Å²) in [4.78, 5) is 2.01. The van der Waals surface area contributed by atoms with E-state index < -0.39 is 10.8 Å². The fourth-order valence-electron chi connectivity index (χ4n) is 1.46. The number of benzene rings is 1. The third-order valence-corrected chi connectivity index (χ3v) is 5.57. The number of thioether (sulfide) groups is 1. The molecule has 88 valence electrons. The number of rotatable bonds is 4. The zero-order valence-electron chi connectivity index (χ0n) is 9.51. The molecule has 1 heterocycles. The van der Waals surface area contributed by atoms with Crippen LogP contribution in [0.4, 0.5) is 0 Å². The maximum atomic E-state index is 12.0. The lowest BCUT2D eigenvalue weighted by Gasteiger charge is -2.10. The van der Waals surface area contributed by atoms with Gasteiger partial charge in [-0.25, -0.2) is 0 Å². The van der Waals surface area contributed by atoms with E-state index in [4.69, 9.17) is 4.74 Å². The summed E-state index contributed by atoms with van der Waals surface area (Å²) in [6, 6.07) is 7.82. The second kappa shape index (κ2) is 5.34. The smallest absolute Gasteiger partial charge is 0.187 e. The Morgan fingerprint density at radius 3 is 2.88 bits per heavy atom. The van der Waals surface area contributed by atoms with Gasteiger partial charge in [0.25, 0.3) is 0 Å². The lowest BCUT2D eigenvalue weighted by molar-refractivity contribution is 0.148. The van der Waals surface area contributed by atoms with Crippen LogP contribution in [0.25, 0.3) is 0 Å². The first-order chi connectivity index (χ1) is 7.68. The second-order valence-electron chi connectivity index (χ2n) is 4.20. The fourth-order valence-corrected chi connectivity index (χ4v) is 4.44. The lowest BCUT2D eigenvalue weighted by atomic mass is 10.1. The van der Waals surface area contributed by atoms with Crippen molar-refractivity contribution in [3.63, 3.8) is 0 Å². The van der Waals surface area contributed by atoms with E-state index in [9.17, 15) is 4.21 Å². The van der Waals surface area contributed by atoms with E-state index in [1.165, 1.54) is 0 Å². The van der Waals surface area contributed by atoms with Crippen LogP contribution in [0.15, 0.2) is 34.1 Å². The molecule has 16 heavy (non-hydrogen) atoms. The first-order valence-corrected chi connectivity index (χ1v) is 7.55. The predicted molar refractivity (Wildman–Crippen MR) is 67.9 cm³/mol. The van der Waals surface area contributed by atoms with Crippen LogP contribution >= 0.6 is 11.8 Å². The SMILES string of the molecule is CC(C)CCO[C@@H]1Sc2ccccc2S1=O. The molecule has 0 aromatic heterocycles. The minimum atomic E-state index is -1.01. The molecule has 1 aliphatic rings. The van der Waals surface area contributed by atoms with Crippen LogP contribution in [-0.4, -0.2) is 15.6 Å². The topological polar surface area (TPSA) is 26.3 Å². The lowest BCUT2D eigenvalue weighted by Crippen LogP contribution is -2.12. The van der Waals surface area contributed by atoms with Crippen LogP contribution in [0.1, 0.15) is 20.3 Å². The summed E-state index contributed by atoms with van der Waals surface area (Å²) in [5.74, 6) is 0.627. The number of ether oxygens (including phenoxy) is 1. The summed E-state index contributed by atoms with van der Waals surface area (Å²) in [6.07, 6.45) is 1.02. The van der Waals surface area contributed by atoms with E-state index in [2.05, 4.69) is 13.8 Å². The maximum absolute atomic E-state index is 12.0. The summed E-state index contributed by atoms with van der Waals surface area (Å²) in [5, 5.41) is 0. The van der Waals surface area contributed by atoms with Crippen LogP contribution in [0.3, 0.4) is 0 Å². The van der Waals surface area contributed by atoms with Gasteiger partial charge in [0.05, 0.1) is 15.7 Å². The largest absolute Gasteiger partial charge is 0.354 e. The molecule has 2 nitrogen and oxygen atoms in total. The van der Waals surface area contributed by atoms with Gasteiger partial charge in [-0.05, 0) is 24.5 Å². The second-order valence-corrected chi connectivity index (χ2v) is 7.07. The fraction of sp³-hybridized carbons (Fsp3) is 0.500. The summed E-state index contributed by atoms with van der Waals surface area (Å²) in [5.41, 5.74) is 0. The van der Waals surface area contributed by atoms with Gasteiger partial charge in [-0.1, -0.05) is 37.7 Å². The van der Waals surface area contributed by atoms with Gasteiger partial charge in [0.15, 0.2) is 4.77 Å². The van der Waals surface area contributed by atoms with Crippen molar-refractivity contribution in [2.75, 3.05) is 6.61 Å². The highest BCUT2D eigenvalue weighted by molar-refractivity contribution is 8.13. The summed E-state index contributed by atoms with van der Waals surface area (Å²) >= 11 is 1.57. The highest BCUT2D eigenvalue weighted by atomic mass is 32.2. The van der Waals surface area contributed by atoms with Crippen LogP contribution in [0.2, 0.25) is 0 Å². The quantitative estimate of drug-likeness (QED) is 0.827. The van der Waals surface area contributed by atoms with Crippen molar-refractivity contribution in [1.29, 1.82) is 0 Å². The van der Waals surface area contributed by atoms with E-state index in [0.717, 1.165) is 16.2 Å². The Hall–Kier alpha value is -0.320. The van der Waals surface area contributed by atoms with Crippen LogP contribution < -0.4 is 0 Å². The molecule has 1 aromatic carbocycles. The van der Waals surface area contributed by atoms with E-state index in [0.29, 0.717) is 12.5 Å². The first-order valence-electron chi connectivity index (χ1n) is 5.46. The van der Waals surface area contributed by atoms with Gasteiger partial charge in [0.2, 0.25) is 0 Å². The zero-order valence-corrected chi connectivity index (χ0v) is 11.1. The number of hydrogen-bond donors (Lipinski definition) is 0. The van der Waals surface area contributed by atoms with Crippen molar-refractivity contribution < 1.29 is 8.95 Å². The van der Waals surface area contributed by atoms with Gasteiger partial charge in [-0.2, -0.15) is 0 Å². The molecular weight excluding hydrogens is 240 g/mol. The van der Waals surface area contributed by atoms with Crippen LogP contribution in [0.5, 0.6) is 0 Å². The molecule has 0 radical (unpaired) electrons. The average molecular weight is 256 g/mol. The Labute approximate surface area is 103 Å². The van der Waals surface area contributed by atoms with Crippen molar-refractivity contribution in [2.45, 2.75) is 34.8 Å². The third-order valence-electron chi connectivity index (χ3n) is 2.41. The van der Waals surface area contributed by atoms with E-state index >= 15 is 0 Å². The van der Waals surface area contributed by atoms with Gasteiger partial charge < -0.3 is 4.74 Å². The van der Waals surface area contributed by atoms with E-state index in [1.807, 2.05) is 24.3 Å². The molecule has 0 aliphatic carbocycles. The molecule has 1 aromatic rings. The van der Waals surface area contributed by atoms with E-state index in [-0.39, 0.29) is 4.77 Å². The van der Waals surface area contributed by atoms with Crippen LogP contribution in [-0.2, 0) is 15.5 Å². The normalized spacial score (nSPS) is 23.7. The molecule has 0 bridgehead atoms. The molecule has 0 fully saturated rings. The molecule has 0 saturated carbocycles. The molecule has 1 aliphatic heterocycles. The molecular formula is C12H16O2S2. The standard InChI is InChI=1S/C12H16O2S2/c1-9(2)7-8-14-12-15-10-5-3-4-6-11(10)16(12)13/h3-6,9,12H,7-8H2,1-2H3/t12-,16?/m1/s1. The minimum absolute atomic E-state index is 0.212. The van der Waals surface area contributed by atoms with Gasteiger partial charge in [0, 0.05) is 11.5 Å². The van der Waals surface area contributed by atoms with Gasteiger partial charge in [0.1, 0.15) is 0 Å². The molecule has 1 unspecified atom stereocenters. The Balaban J connectivity index is 1.94. The van der Waals surface area contributed by atoms with Crippen molar-refractivity contribution >= 4 is 22.6 Å². The van der Waals surface area contributed by atoms with E-state index in [1.54, 1.807) is 11.8 Å². The van der Waals surface area contributed by atoms with Crippen LogP contribution in [0, 0.1) is 5.92 Å². The molecule has 2 rings (SSSR count). The highest BCUT2D eigenvalue weighted by Crippen LogP contribution is 2.40. The van der Waals surface area contributed by atoms with Crippen molar-refractivity contribution in [3.05, 3.63) is 24.3 Å². The van der Waals surface area contributed by atoms with Gasteiger partial charge >= 0.3 is 0 Å². The Bertz CT molecular complexity index is 390. The van der Waals surface area contributed by atoms with Crippen molar-refractivity contribution in [2.24, 2.45) is 5.92 Å². The summed E-state index contributed by atoms with van der Waals surface area (Å²) < 4.78 is 17.5. The zero-order chi connectivity index (χ0) is 11.5. The molecule has 4 heteroatoms. The minimum Gasteiger partial charge on any atom is -0.354 e.